The average molecular weight is 517 g/mol. The fourth-order valence-corrected chi connectivity index (χ4v) is 7.57. The number of hydrogen-bond donors (Lipinski definition) is 1. The van der Waals surface area contributed by atoms with E-state index in [-0.39, 0.29) is 12.0 Å². The van der Waals surface area contributed by atoms with E-state index in [0.29, 0.717) is 16.5 Å². The molecule has 3 unspecified atom stereocenters. The van der Waals surface area contributed by atoms with Crippen LogP contribution < -0.4 is 9.62 Å². The van der Waals surface area contributed by atoms with Gasteiger partial charge in [0.1, 0.15) is 0 Å². The highest BCUT2D eigenvalue weighted by atomic mass is 32.2. The van der Waals surface area contributed by atoms with Crippen LogP contribution in [0.1, 0.15) is 29.5 Å². The number of hydrogen-bond acceptors (Lipinski definition) is 3. The number of sulfonamides is 1. The lowest BCUT2D eigenvalue weighted by Crippen LogP contribution is -2.30. The second kappa shape index (κ2) is 8.74. The van der Waals surface area contributed by atoms with Crippen LogP contribution in [0, 0.1) is 5.92 Å². The number of rotatable bonds is 4. The topological polar surface area (TPSA) is 49.4 Å². The maximum atomic E-state index is 13.6. The number of fused-ring (bicyclic) bond motifs is 5. The predicted molar refractivity (Wildman–Crippen MR) is 156 cm³/mol. The Bertz CT molecular complexity index is 1780. The summed E-state index contributed by atoms with van der Waals surface area (Å²) in [6.45, 7) is 0. The molecule has 1 aliphatic carbocycles. The van der Waals surface area contributed by atoms with Crippen LogP contribution in [-0.2, 0) is 10.0 Å². The van der Waals surface area contributed by atoms with Gasteiger partial charge in [0.2, 0.25) is 0 Å². The second-order valence-electron chi connectivity index (χ2n) is 10.3. The monoisotopic (exact) mass is 516 g/mol. The molecule has 0 fully saturated rings. The van der Waals surface area contributed by atoms with E-state index in [2.05, 4.69) is 72.1 Å². The molecule has 0 bridgehead atoms. The molecule has 0 saturated heterocycles. The maximum Gasteiger partial charge on any atom is 0.264 e. The molecule has 38 heavy (non-hydrogen) atoms. The van der Waals surface area contributed by atoms with Crippen LogP contribution in [-0.4, -0.2) is 15.5 Å². The van der Waals surface area contributed by atoms with Crippen LogP contribution in [0.4, 0.5) is 11.4 Å². The highest BCUT2D eigenvalue weighted by Gasteiger charge is 2.40. The standard InChI is InChI=1S/C33H28N2O2S/c1-35(24-12-3-2-4-13-24)38(36,37)25-18-19-31-30(21-25)28-16-9-17-29(28)33(34-31)32-26-14-7-5-10-22(26)20-23-11-6-8-15-27(23)32/h2-16,18-21,28-29,33-34H,17H2,1H3. The van der Waals surface area contributed by atoms with Crippen molar-refractivity contribution in [3.63, 3.8) is 0 Å². The van der Waals surface area contributed by atoms with E-state index in [1.807, 2.05) is 42.5 Å². The SMILES string of the molecule is CN(c1ccccc1)S(=O)(=O)c1ccc2c(c1)C1C=CCC1C(c1c3ccccc3cc3ccccc13)N2. The number of para-hydroxylation sites is 1. The number of nitrogens with one attached hydrogen (secondary N) is 1. The van der Waals surface area contributed by atoms with Crippen LogP contribution >= 0.6 is 0 Å². The Balaban J connectivity index is 1.35. The van der Waals surface area contributed by atoms with E-state index in [9.17, 15) is 8.42 Å². The van der Waals surface area contributed by atoms with Crippen LogP contribution in [0.5, 0.6) is 0 Å². The first-order valence-corrected chi connectivity index (χ1v) is 14.5. The van der Waals surface area contributed by atoms with E-state index in [1.54, 1.807) is 13.1 Å². The summed E-state index contributed by atoms with van der Waals surface area (Å²) in [6.07, 6.45) is 5.46. The summed E-state index contributed by atoms with van der Waals surface area (Å²) < 4.78 is 28.5. The van der Waals surface area contributed by atoms with Crippen LogP contribution in [0.15, 0.2) is 120 Å². The highest BCUT2D eigenvalue weighted by Crippen LogP contribution is 2.52. The van der Waals surface area contributed by atoms with E-state index >= 15 is 0 Å². The Labute approximate surface area is 223 Å². The first-order chi connectivity index (χ1) is 18.5. The number of benzene rings is 5. The van der Waals surface area contributed by atoms with E-state index < -0.39 is 10.0 Å². The molecule has 1 N–H and O–H groups in total. The minimum absolute atomic E-state index is 0.105. The molecule has 0 aromatic heterocycles. The third-order valence-electron chi connectivity index (χ3n) is 8.24. The first kappa shape index (κ1) is 23.1. The molecule has 4 nitrogen and oxygen atoms in total. The van der Waals surface area contributed by atoms with E-state index in [4.69, 9.17) is 0 Å². The molecule has 3 atom stereocenters. The van der Waals surface area contributed by atoms with Gasteiger partial charge < -0.3 is 5.32 Å². The fourth-order valence-electron chi connectivity index (χ4n) is 6.34. The second-order valence-corrected chi connectivity index (χ2v) is 12.2. The first-order valence-electron chi connectivity index (χ1n) is 13.0. The minimum atomic E-state index is -3.70. The van der Waals surface area contributed by atoms with Gasteiger partial charge in [-0.3, -0.25) is 4.31 Å². The van der Waals surface area contributed by atoms with Crippen molar-refractivity contribution in [1.29, 1.82) is 0 Å². The molecule has 5 aromatic carbocycles. The summed E-state index contributed by atoms with van der Waals surface area (Å²) in [5, 5.41) is 8.87. The molecule has 0 radical (unpaired) electrons. The van der Waals surface area contributed by atoms with Gasteiger partial charge in [0.05, 0.1) is 16.6 Å². The smallest absolute Gasteiger partial charge is 0.264 e. The molecule has 1 heterocycles. The summed E-state index contributed by atoms with van der Waals surface area (Å²) in [7, 11) is -2.08. The molecule has 0 spiro atoms. The minimum Gasteiger partial charge on any atom is -0.378 e. The molecule has 0 amide bonds. The van der Waals surface area contributed by atoms with E-state index in [1.165, 1.54) is 31.4 Å². The van der Waals surface area contributed by atoms with Crippen molar-refractivity contribution in [3.05, 3.63) is 126 Å². The van der Waals surface area contributed by atoms with Crippen LogP contribution in [0.25, 0.3) is 21.5 Å². The molecule has 5 aromatic rings. The lowest BCUT2D eigenvalue weighted by Gasteiger charge is -2.39. The molecule has 7 rings (SSSR count). The van der Waals surface area contributed by atoms with Crippen molar-refractivity contribution in [2.45, 2.75) is 23.3 Å². The zero-order valence-corrected chi connectivity index (χ0v) is 21.9. The Hall–Kier alpha value is -4.09. The van der Waals surface area contributed by atoms with Gasteiger partial charge in [-0.2, -0.15) is 0 Å². The van der Waals surface area contributed by atoms with Crippen molar-refractivity contribution < 1.29 is 8.42 Å². The summed E-state index contributed by atoms with van der Waals surface area (Å²) in [4.78, 5) is 0.317. The molecule has 1 aliphatic heterocycles. The predicted octanol–water partition coefficient (Wildman–Crippen LogP) is 7.64. The van der Waals surface area contributed by atoms with Crippen molar-refractivity contribution in [1.82, 2.24) is 0 Å². The Morgan fingerprint density at radius 2 is 1.45 bits per heavy atom. The molecule has 188 valence electrons. The molecular weight excluding hydrogens is 488 g/mol. The largest absolute Gasteiger partial charge is 0.378 e. The molecule has 2 aliphatic rings. The van der Waals surface area contributed by atoms with Gasteiger partial charge in [0.15, 0.2) is 0 Å². The van der Waals surface area contributed by atoms with Crippen molar-refractivity contribution in [3.8, 4) is 0 Å². The molecule has 5 heteroatoms. The average Bonchev–Trinajstić information content (AvgIpc) is 3.46. The van der Waals surface area contributed by atoms with Crippen LogP contribution in [0.3, 0.4) is 0 Å². The van der Waals surface area contributed by atoms with Gasteiger partial charge >= 0.3 is 0 Å². The quantitative estimate of drug-likeness (QED) is 0.197. The lowest BCUT2D eigenvalue weighted by molar-refractivity contribution is 0.428. The Morgan fingerprint density at radius 1 is 0.789 bits per heavy atom. The van der Waals surface area contributed by atoms with Gasteiger partial charge in [0.25, 0.3) is 10.0 Å². The molecule has 0 saturated carbocycles. The highest BCUT2D eigenvalue weighted by molar-refractivity contribution is 7.92. The van der Waals surface area contributed by atoms with Crippen molar-refractivity contribution in [2.75, 3.05) is 16.7 Å². The summed E-state index contributed by atoms with van der Waals surface area (Å²) in [5.74, 6) is 0.438. The Kier molecular flexibility index (Phi) is 5.31. The normalized spacial score (nSPS) is 20.2. The number of anilines is 2. The van der Waals surface area contributed by atoms with Gasteiger partial charge in [-0.25, -0.2) is 8.42 Å². The van der Waals surface area contributed by atoms with Crippen molar-refractivity contribution >= 4 is 42.9 Å². The van der Waals surface area contributed by atoms with Crippen molar-refractivity contribution in [2.24, 2.45) is 5.92 Å². The Morgan fingerprint density at radius 3 is 2.16 bits per heavy atom. The zero-order chi connectivity index (χ0) is 25.9. The summed E-state index contributed by atoms with van der Waals surface area (Å²) in [6, 6.07) is 34.4. The van der Waals surface area contributed by atoms with Gasteiger partial charge in [-0.1, -0.05) is 78.9 Å². The number of nitrogens with zero attached hydrogens (tertiary/aromatic N) is 1. The van der Waals surface area contributed by atoms with Gasteiger partial charge in [-0.05, 0) is 81.4 Å². The third-order valence-corrected chi connectivity index (χ3v) is 10.0. The summed E-state index contributed by atoms with van der Waals surface area (Å²) >= 11 is 0. The summed E-state index contributed by atoms with van der Waals surface area (Å²) in [5.41, 5.74) is 4.02. The van der Waals surface area contributed by atoms with E-state index in [0.717, 1.165) is 17.7 Å². The van der Waals surface area contributed by atoms with Gasteiger partial charge in [0, 0.05) is 18.7 Å². The number of allylic oxidation sites excluding steroid dienone is 2. The fraction of sp³-hybridized carbons (Fsp3) is 0.152. The molecular formula is C33H28N2O2S. The lowest BCUT2D eigenvalue weighted by atomic mass is 9.75. The third kappa shape index (κ3) is 3.53. The zero-order valence-electron chi connectivity index (χ0n) is 21.1. The maximum absolute atomic E-state index is 13.6. The van der Waals surface area contributed by atoms with Crippen LogP contribution in [0.2, 0.25) is 0 Å². The van der Waals surface area contributed by atoms with Gasteiger partial charge in [-0.15, -0.1) is 0 Å².